The van der Waals surface area contributed by atoms with E-state index >= 15 is 0 Å². The minimum Gasteiger partial charge on any atom is -0.507 e. The summed E-state index contributed by atoms with van der Waals surface area (Å²) in [4.78, 5) is 29.2. The van der Waals surface area contributed by atoms with Gasteiger partial charge in [0.2, 0.25) is 0 Å². The van der Waals surface area contributed by atoms with E-state index in [-0.39, 0.29) is 41.6 Å². The summed E-state index contributed by atoms with van der Waals surface area (Å²) < 4.78 is 5.08. The number of rotatable bonds is 8. The summed E-state index contributed by atoms with van der Waals surface area (Å²) >= 11 is 0. The number of carbonyl (C=O) groups is 2. The fourth-order valence-electron chi connectivity index (χ4n) is 2.50. The Hall–Kier alpha value is -2.73. The molecule has 0 fully saturated rings. The van der Waals surface area contributed by atoms with Crippen LogP contribution in [0.25, 0.3) is 0 Å². The molecule has 2 aromatic rings. The molecule has 6 nitrogen and oxygen atoms in total. The Kier molecular flexibility index (Phi) is 6.86. The molecule has 0 spiro atoms. The smallest absolute Gasteiger partial charge is 0.340 e. The van der Waals surface area contributed by atoms with E-state index in [0.29, 0.717) is 18.5 Å². The fourth-order valence-corrected chi connectivity index (χ4v) is 2.50. The standard InChI is InChI=1S/C20H23NO5/c1-3-26-20(25)16-10-14(11-21-17(16)9-8-13(2)12-22)19(24)15-6-4-5-7-18(15)23/h4-7,10-11,13,22-23H,3,8-9,12H2,1-2H3/t13-/m1/s1. The molecular formula is C20H23NO5. The first-order chi connectivity index (χ1) is 12.5. The van der Waals surface area contributed by atoms with Gasteiger partial charge >= 0.3 is 5.97 Å². The first-order valence-corrected chi connectivity index (χ1v) is 8.57. The van der Waals surface area contributed by atoms with Gasteiger partial charge in [-0.1, -0.05) is 19.1 Å². The first kappa shape index (κ1) is 19.6. The summed E-state index contributed by atoms with van der Waals surface area (Å²) in [5, 5.41) is 19.0. The second kappa shape index (κ2) is 9.10. The topological polar surface area (TPSA) is 96.7 Å². The number of phenols is 1. The molecule has 2 N–H and O–H groups in total. The lowest BCUT2D eigenvalue weighted by Crippen LogP contribution is -2.14. The Morgan fingerprint density at radius 1 is 1.23 bits per heavy atom. The second-order valence-corrected chi connectivity index (χ2v) is 6.11. The molecular weight excluding hydrogens is 334 g/mol. The van der Waals surface area contributed by atoms with Crippen LogP contribution in [0.4, 0.5) is 0 Å². The van der Waals surface area contributed by atoms with Crippen molar-refractivity contribution in [3.05, 3.63) is 58.9 Å². The van der Waals surface area contributed by atoms with E-state index in [1.807, 2.05) is 6.92 Å². The molecule has 2 rings (SSSR count). The number of hydrogen-bond acceptors (Lipinski definition) is 6. The zero-order chi connectivity index (χ0) is 19.1. The number of aryl methyl sites for hydroxylation is 1. The van der Waals surface area contributed by atoms with Crippen molar-refractivity contribution in [2.45, 2.75) is 26.7 Å². The number of para-hydroxylation sites is 1. The lowest BCUT2D eigenvalue weighted by atomic mass is 9.98. The molecule has 0 unspecified atom stereocenters. The number of pyridine rings is 1. The molecule has 6 heteroatoms. The highest BCUT2D eigenvalue weighted by atomic mass is 16.5. The van der Waals surface area contributed by atoms with Crippen LogP contribution in [-0.2, 0) is 11.2 Å². The van der Waals surface area contributed by atoms with Crippen molar-refractivity contribution in [1.29, 1.82) is 0 Å². The quantitative estimate of drug-likeness (QED) is 0.557. The van der Waals surface area contributed by atoms with Crippen molar-refractivity contribution >= 4 is 11.8 Å². The molecule has 1 aromatic carbocycles. The van der Waals surface area contributed by atoms with E-state index in [1.165, 1.54) is 24.4 Å². The molecule has 0 saturated heterocycles. The third kappa shape index (κ3) is 4.67. The summed E-state index contributed by atoms with van der Waals surface area (Å²) in [6, 6.07) is 7.67. The van der Waals surface area contributed by atoms with Gasteiger partial charge in [-0.25, -0.2) is 4.79 Å². The van der Waals surface area contributed by atoms with Crippen LogP contribution >= 0.6 is 0 Å². The average molecular weight is 357 g/mol. The Morgan fingerprint density at radius 2 is 1.96 bits per heavy atom. The highest BCUT2D eigenvalue weighted by Gasteiger charge is 2.20. The number of hydrogen-bond donors (Lipinski definition) is 2. The number of carbonyl (C=O) groups excluding carboxylic acids is 2. The number of nitrogens with zero attached hydrogens (tertiary/aromatic N) is 1. The molecule has 0 aliphatic heterocycles. The van der Waals surface area contributed by atoms with Crippen LogP contribution < -0.4 is 0 Å². The van der Waals surface area contributed by atoms with Crippen molar-refractivity contribution in [3.8, 4) is 5.75 Å². The van der Waals surface area contributed by atoms with Crippen LogP contribution in [0, 0.1) is 5.92 Å². The molecule has 1 atom stereocenters. The number of benzene rings is 1. The molecule has 0 amide bonds. The summed E-state index contributed by atoms with van der Waals surface area (Å²) in [7, 11) is 0. The van der Waals surface area contributed by atoms with Gasteiger partial charge in [0.1, 0.15) is 5.75 Å². The summed E-state index contributed by atoms with van der Waals surface area (Å²) in [5.41, 5.74) is 1.11. The molecule has 26 heavy (non-hydrogen) atoms. The predicted octanol–water partition coefficient (Wildman–Crippen LogP) is 2.76. The van der Waals surface area contributed by atoms with E-state index in [9.17, 15) is 14.7 Å². The molecule has 1 heterocycles. The van der Waals surface area contributed by atoms with E-state index in [2.05, 4.69) is 4.98 Å². The van der Waals surface area contributed by atoms with E-state index in [0.717, 1.165) is 0 Å². The molecule has 1 aromatic heterocycles. The SMILES string of the molecule is CCOC(=O)c1cc(C(=O)c2ccccc2O)cnc1CC[C@@H](C)CO. The number of esters is 1. The number of phenolic OH excluding ortho intramolecular Hbond substituents is 1. The van der Waals surface area contributed by atoms with Crippen LogP contribution in [0.1, 0.15) is 52.2 Å². The number of ether oxygens (including phenoxy) is 1. The van der Waals surface area contributed by atoms with Gasteiger partial charge in [0, 0.05) is 18.4 Å². The summed E-state index contributed by atoms with van der Waals surface area (Å²) in [6.07, 6.45) is 2.54. The van der Waals surface area contributed by atoms with Crippen LogP contribution in [0.2, 0.25) is 0 Å². The second-order valence-electron chi connectivity index (χ2n) is 6.11. The van der Waals surface area contributed by atoms with Crippen LogP contribution in [0.15, 0.2) is 36.5 Å². The lowest BCUT2D eigenvalue weighted by molar-refractivity contribution is 0.0524. The normalized spacial score (nSPS) is 11.8. The van der Waals surface area contributed by atoms with Crippen LogP contribution in [0.5, 0.6) is 5.75 Å². The number of aliphatic hydroxyl groups excluding tert-OH is 1. The molecule has 0 aliphatic rings. The van der Waals surface area contributed by atoms with E-state index < -0.39 is 11.8 Å². The molecule has 0 radical (unpaired) electrons. The number of ketones is 1. The van der Waals surface area contributed by atoms with Crippen molar-refractivity contribution in [1.82, 2.24) is 4.98 Å². The van der Waals surface area contributed by atoms with Crippen molar-refractivity contribution in [3.63, 3.8) is 0 Å². The monoisotopic (exact) mass is 357 g/mol. The Morgan fingerprint density at radius 3 is 2.62 bits per heavy atom. The third-order valence-corrected chi connectivity index (χ3v) is 4.06. The summed E-state index contributed by atoms with van der Waals surface area (Å²) in [6.45, 7) is 3.87. The lowest BCUT2D eigenvalue weighted by Gasteiger charge is -2.12. The zero-order valence-electron chi connectivity index (χ0n) is 14.9. The van der Waals surface area contributed by atoms with Crippen molar-refractivity contribution in [2.24, 2.45) is 5.92 Å². The highest BCUT2D eigenvalue weighted by Crippen LogP contribution is 2.22. The molecule has 0 bridgehead atoms. The van der Waals surface area contributed by atoms with Gasteiger partial charge in [-0.2, -0.15) is 0 Å². The maximum atomic E-state index is 12.6. The number of aliphatic hydroxyl groups is 1. The van der Waals surface area contributed by atoms with Crippen LogP contribution in [0.3, 0.4) is 0 Å². The van der Waals surface area contributed by atoms with Crippen LogP contribution in [-0.4, -0.2) is 40.2 Å². The Balaban J connectivity index is 2.37. The Labute approximate surface area is 152 Å². The maximum Gasteiger partial charge on any atom is 0.340 e. The number of aromatic hydroxyl groups is 1. The zero-order valence-corrected chi connectivity index (χ0v) is 14.9. The molecule has 0 saturated carbocycles. The van der Waals surface area contributed by atoms with Gasteiger partial charge < -0.3 is 14.9 Å². The number of aromatic nitrogens is 1. The largest absolute Gasteiger partial charge is 0.507 e. The van der Waals surface area contributed by atoms with Gasteiger partial charge in [0.15, 0.2) is 5.78 Å². The highest BCUT2D eigenvalue weighted by molar-refractivity contribution is 6.11. The first-order valence-electron chi connectivity index (χ1n) is 8.57. The fraction of sp³-hybridized carbons (Fsp3) is 0.350. The predicted molar refractivity (Wildman–Crippen MR) is 96.3 cm³/mol. The molecule has 0 aliphatic carbocycles. The van der Waals surface area contributed by atoms with Gasteiger partial charge in [-0.3, -0.25) is 9.78 Å². The average Bonchev–Trinajstić information content (AvgIpc) is 2.66. The maximum absolute atomic E-state index is 12.6. The van der Waals surface area contributed by atoms with E-state index in [4.69, 9.17) is 9.84 Å². The van der Waals surface area contributed by atoms with Gasteiger partial charge in [0.05, 0.1) is 23.4 Å². The minimum absolute atomic E-state index is 0.0542. The summed E-state index contributed by atoms with van der Waals surface area (Å²) in [5.74, 6) is -1.01. The van der Waals surface area contributed by atoms with Crippen molar-refractivity contribution in [2.75, 3.05) is 13.2 Å². The third-order valence-electron chi connectivity index (χ3n) is 4.06. The van der Waals surface area contributed by atoms with Crippen molar-refractivity contribution < 1.29 is 24.5 Å². The van der Waals surface area contributed by atoms with Gasteiger partial charge in [0.25, 0.3) is 0 Å². The minimum atomic E-state index is -0.543. The van der Waals surface area contributed by atoms with Gasteiger partial charge in [-0.05, 0) is 43.9 Å². The van der Waals surface area contributed by atoms with E-state index in [1.54, 1.807) is 19.1 Å². The van der Waals surface area contributed by atoms with Gasteiger partial charge in [-0.15, -0.1) is 0 Å². The Bertz CT molecular complexity index is 788. The molecule has 138 valence electrons.